The number of rotatable bonds is 4. The number of halogens is 3. The van der Waals surface area contributed by atoms with Crippen LogP contribution in [-0.2, 0) is 15.0 Å². The van der Waals surface area contributed by atoms with E-state index in [1.807, 2.05) is 0 Å². The van der Waals surface area contributed by atoms with Crippen LogP contribution in [0.1, 0.15) is 64.0 Å². The molecule has 3 aliphatic rings. The van der Waals surface area contributed by atoms with Crippen molar-refractivity contribution in [1.29, 1.82) is 0 Å². The molecule has 4 atom stereocenters. The predicted octanol–water partition coefficient (Wildman–Crippen LogP) is 4.91. The highest BCUT2D eigenvalue weighted by Crippen LogP contribution is 2.57. The molecule has 1 spiro atoms. The van der Waals surface area contributed by atoms with Crippen molar-refractivity contribution in [3.8, 4) is 0 Å². The van der Waals surface area contributed by atoms with Gasteiger partial charge in [0, 0.05) is 33.7 Å². The molecule has 37 heavy (non-hydrogen) atoms. The van der Waals surface area contributed by atoms with Crippen molar-refractivity contribution in [2.45, 2.75) is 82.0 Å². The van der Waals surface area contributed by atoms with Crippen LogP contribution < -0.4 is 16.0 Å². The van der Waals surface area contributed by atoms with Gasteiger partial charge in [-0.25, -0.2) is 4.39 Å². The van der Waals surface area contributed by atoms with Crippen molar-refractivity contribution in [3.05, 3.63) is 63.4 Å². The third-order valence-electron chi connectivity index (χ3n) is 7.92. The Hall–Kier alpha value is -2.19. The molecular weight excluding hydrogens is 516 g/mol. The zero-order chi connectivity index (χ0) is 26.9. The third-order valence-corrected chi connectivity index (χ3v) is 8.39. The van der Waals surface area contributed by atoms with Crippen LogP contribution in [0, 0.1) is 11.2 Å². The van der Waals surface area contributed by atoms with Gasteiger partial charge in [-0.1, -0.05) is 50.0 Å². The van der Waals surface area contributed by atoms with Crippen molar-refractivity contribution < 1.29 is 19.1 Å². The van der Waals surface area contributed by atoms with Crippen LogP contribution >= 0.6 is 23.2 Å². The molecule has 1 saturated carbocycles. The number of benzene rings is 2. The number of hydrogen-bond donors (Lipinski definition) is 4. The highest BCUT2D eigenvalue weighted by molar-refractivity contribution is 6.31. The van der Waals surface area contributed by atoms with E-state index in [4.69, 9.17) is 23.2 Å². The molecule has 6 nitrogen and oxygen atoms in total. The van der Waals surface area contributed by atoms with Gasteiger partial charge >= 0.3 is 0 Å². The molecule has 1 aliphatic carbocycles. The van der Waals surface area contributed by atoms with E-state index in [0.717, 1.165) is 0 Å². The van der Waals surface area contributed by atoms with Crippen LogP contribution in [0.4, 0.5) is 10.1 Å². The molecule has 5 rings (SSSR count). The van der Waals surface area contributed by atoms with Crippen molar-refractivity contribution in [1.82, 2.24) is 10.6 Å². The molecule has 2 aliphatic heterocycles. The fraction of sp³-hybridized carbons (Fsp3) is 0.500. The maximum absolute atomic E-state index is 15.6. The number of fused-ring (bicyclic) bond motifs is 2. The van der Waals surface area contributed by atoms with Crippen LogP contribution in [0.3, 0.4) is 0 Å². The predicted molar refractivity (Wildman–Crippen MR) is 142 cm³/mol. The smallest absolute Gasteiger partial charge is 0.238 e. The molecule has 0 radical (unpaired) electrons. The summed E-state index contributed by atoms with van der Waals surface area (Å²) in [6, 6.07) is 7.84. The van der Waals surface area contributed by atoms with E-state index in [0.29, 0.717) is 40.6 Å². The molecule has 9 heteroatoms. The first-order chi connectivity index (χ1) is 17.2. The zero-order valence-electron chi connectivity index (χ0n) is 21.3. The van der Waals surface area contributed by atoms with E-state index in [1.54, 1.807) is 25.1 Å². The summed E-state index contributed by atoms with van der Waals surface area (Å²) in [5, 5.41) is 20.4. The Morgan fingerprint density at radius 2 is 1.81 bits per heavy atom. The number of carbonyl (C=O) groups excluding carboxylic acids is 2. The highest BCUT2D eigenvalue weighted by Gasteiger charge is 2.66. The zero-order valence-corrected chi connectivity index (χ0v) is 22.8. The molecule has 4 N–H and O–H groups in total. The number of anilines is 1. The molecule has 0 aromatic heterocycles. The van der Waals surface area contributed by atoms with Gasteiger partial charge in [0.1, 0.15) is 11.2 Å². The molecule has 2 aromatic rings. The second-order valence-electron chi connectivity index (χ2n) is 12.2. The van der Waals surface area contributed by atoms with Crippen molar-refractivity contribution >= 4 is 40.7 Å². The number of hydrogen-bond acceptors (Lipinski definition) is 4. The lowest BCUT2D eigenvalue weighted by atomic mass is 9.62. The van der Waals surface area contributed by atoms with Gasteiger partial charge in [-0.2, -0.15) is 0 Å². The summed E-state index contributed by atoms with van der Waals surface area (Å²) in [5.74, 6) is -2.07. The van der Waals surface area contributed by atoms with Crippen LogP contribution in [-0.4, -0.2) is 40.6 Å². The Morgan fingerprint density at radius 1 is 1.16 bits per heavy atom. The molecule has 0 bridgehead atoms. The Balaban J connectivity index is 1.69. The third kappa shape index (κ3) is 4.54. The number of carbonyl (C=O) groups is 2. The van der Waals surface area contributed by atoms with E-state index >= 15 is 4.39 Å². The van der Waals surface area contributed by atoms with Gasteiger partial charge in [0.2, 0.25) is 11.8 Å². The second-order valence-corrected chi connectivity index (χ2v) is 13.1. The summed E-state index contributed by atoms with van der Waals surface area (Å²) in [4.78, 5) is 27.9. The standard InChI is InChI=1S/C28H32Cl2FN3O3/c1-26(2,3)13-21-28(18-7-5-15(30)10-20(18)33-25(28)36)22(17-9-14(29)6-8-19(17)31)23(34-21)24(35)32-16-11-27(4,37)12-16/h5-10,16,21-23,34,37H,11-13H2,1-4H3,(H,32,35)(H,33,36). The van der Waals surface area contributed by atoms with Gasteiger partial charge < -0.3 is 21.1 Å². The number of aliphatic hydroxyl groups is 1. The maximum Gasteiger partial charge on any atom is 0.238 e. The first kappa shape index (κ1) is 26.4. The van der Waals surface area contributed by atoms with Gasteiger partial charge in [-0.15, -0.1) is 0 Å². The molecule has 2 amide bonds. The number of amides is 2. The lowest BCUT2D eigenvalue weighted by Crippen LogP contribution is -2.57. The molecule has 2 heterocycles. The minimum absolute atomic E-state index is 0.199. The van der Waals surface area contributed by atoms with Gasteiger partial charge in [-0.3, -0.25) is 9.59 Å². The van der Waals surface area contributed by atoms with Crippen LogP contribution in [0.25, 0.3) is 0 Å². The molecule has 198 valence electrons. The normalized spacial score (nSPS) is 32.7. The second kappa shape index (κ2) is 8.94. The van der Waals surface area contributed by atoms with Crippen molar-refractivity contribution in [3.63, 3.8) is 0 Å². The monoisotopic (exact) mass is 547 g/mol. The summed E-state index contributed by atoms with van der Waals surface area (Å²) < 4.78 is 15.6. The summed E-state index contributed by atoms with van der Waals surface area (Å²) in [6.45, 7) is 7.93. The first-order valence-electron chi connectivity index (χ1n) is 12.6. The first-order valence-corrected chi connectivity index (χ1v) is 13.3. The van der Waals surface area contributed by atoms with Gasteiger partial charge in [0.05, 0.1) is 11.6 Å². The van der Waals surface area contributed by atoms with E-state index in [1.165, 1.54) is 18.2 Å². The lowest BCUT2D eigenvalue weighted by Gasteiger charge is -2.42. The minimum Gasteiger partial charge on any atom is -0.390 e. The average molecular weight is 548 g/mol. The van der Waals surface area contributed by atoms with Crippen molar-refractivity contribution in [2.75, 3.05) is 5.32 Å². The Kier molecular flexibility index (Phi) is 6.38. The topological polar surface area (TPSA) is 90.5 Å². The van der Waals surface area contributed by atoms with Gasteiger partial charge in [0.15, 0.2) is 0 Å². The number of nitrogens with one attached hydrogen (secondary N) is 3. The minimum atomic E-state index is -1.29. The molecular formula is C28H32Cl2FN3O3. The fourth-order valence-electron chi connectivity index (χ4n) is 6.54. The average Bonchev–Trinajstić information content (AvgIpc) is 3.22. The van der Waals surface area contributed by atoms with E-state index < -0.39 is 34.8 Å². The SMILES string of the molecule is CC(C)(C)CC1NC(C(=O)NC2CC(C)(O)C2)C(c2cc(Cl)ccc2F)C12C(=O)Nc1cc(Cl)ccc12. The Morgan fingerprint density at radius 3 is 2.46 bits per heavy atom. The molecule has 2 aromatic carbocycles. The Bertz CT molecular complexity index is 1270. The van der Waals surface area contributed by atoms with Crippen molar-refractivity contribution in [2.24, 2.45) is 5.41 Å². The van der Waals surface area contributed by atoms with Gasteiger partial charge in [-0.05, 0) is 73.1 Å². The molecule has 1 saturated heterocycles. The van der Waals surface area contributed by atoms with E-state index in [9.17, 15) is 14.7 Å². The lowest BCUT2D eigenvalue weighted by molar-refractivity contribution is -0.127. The van der Waals surface area contributed by atoms with Crippen LogP contribution in [0.2, 0.25) is 10.0 Å². The van der Waals surface area contributed by atoms with E-state index in [-0.39, 0.29) is 28.8 Å². The summed E-state index contributed by atoms with van der Waals surface area (Å²) in [7, 11) is 0. The quantitative estimate of drug-likeness (QED) is 0.437. The van der Waals surface area contributed by atoms with Crippen LogP contribution in [0.5, 0.6) is 0 Å². The van der Waals surface area contributed by atoms with Crippen LogP contribution in [0.15, 0.2) is 36.4 Å². The maximum atomic E-state index is 15.6. The summed E-state index contributed by atoms with van der Waals surface area (Å²) in [5.41, 5.74) is -0.882. The fourth-order valence-corrected chi connectivity index (χ4v) is 6.89. The summed E-state index contributed by atoms with van der Waals surface area (Å²) in [6.07, 6.45) is 1.41. The summed E-state index contributed by atoms with van der Waals surface area (Å²) >= 11 is 12.6. The van der Waals surface area contributed by atoms with Gasteiger partial charge in [0.25, 0.3) is 0 Å². The molecule has 2 fully saturated rings. The Labute approximate surface area is 226 Å². The highest BCUT2D eigenvalue weighted by atomic mass is 35.5. The largest absolute Gasteiger partial charge is 0.390 e. The molecule has 4 unspecified atom stereocenters. The van der Waals surface area contributed by atoms with E-state index in [2.05, 4.69) is 36.7 Å².